The van der Waals surface area contributed by atoms with Gasteiger partial charge >= 0.3 is 11.9 Å². The molecule has 0 radical (unpaired) electrons. The molecule has 2 N–H and O–H groups in total. The summed E-state index contributed by atoms with van der Waals surface area (Å²) in [5, 5.41) is 17.9. The van der Waals surface area contributed by atoms with Crippen molar-refractivity contribution < 1.29 is 19.8 Å². The van der Waals surface area contributed by atoms with E-state index >= 15 is 0 Å². The SMILES string of the molecule is CCCC(CC)(CCCCCCCC(=O)O)C(=O)O. The summed E-state index contributed by atoms with van der Waals surface area (Å²) >= 11 is 0. The molecule has 0 spiro atoms. The van der Waals surface area contributed by atoms with Gasteiger partial charge in [-0.3, -0.25) is 9.59 Å². The van der Waals surface area contributed by atoms with Gasteiger partial charge in [-0.05, 0) is 25.7 Å². The predicted molar refractivity (Wildman–Crippen MR) is 75.2 cm³/mol. The van der Waals surface area contributed by atoms with E-state index in [2.05, 4.69) is 0 Å². The van der Waals surface area contributed by atoms with Crippen LogP contribution in [-0.4, -0.2) is 22.2 Å². The van der Waals surface area contributed by atoms with E-state index in [0.717, 1.165) is 51.4 Å². The van der Waals surface area contributed by atoms with Crippen LogP contribution in [0.5, 0.6) is 0 Å². The largest absolute Gasteiger partial charge is 0.481 e. The molecule has 4 nitrogen and oxygen atoms in total. The third-order valence-corrected chi connectivity index (χ3v) is 3.90. The van der Waals surface area contributed by atoms with Crippen molar-refractivity contribution in [1.82, 2.24) is 0 Å². The molecule has 0 fully saturated rings. The fourth-order valence-corrected chi connectivity index (χ4v) is 2.59. The second-order valence-electron chi connectivity index (χ2n) is 5.35. The molecule has 0 aromatic carbocycles. The van der Waals surface area contributed by atoms with Gasteiger partial charge in [-0.15, -0.1) is 0 Å². The summed E-state index contributed by atoms with van der Waals surface area (Å²) in [4.78, 5) is 21.8. The molecule has 112 valence electrons. The number of hydrogen-bond donors (Lipinski definition) is 2. The molecule has 0 saturated heterocycles. The van der Waals surface area contributed by atoms with Gasteiger partial charge in [-0.25, -0.2) is 0 Å². The molecule has 1 atom stereocenters. The Labute approximate surface area is 116 Å². The highest BCUT2D eigenvalue weighted by atomic mass is 16.4. The van der Waals surface area contributed by atoms with Gasteiger partial charge in [0.25, 0.3) is 0 Å². The molecule has 0 aromatic rings. The zero-order valence-corrected chi connectivity index (χ0v) is 12.3. The van der Waals surface area contributed by atoms with Crippen molar-refractivity contribution in [3.8, 4) is 0 Å². The number of aliphatic carboxylic acids is 2. The van der Waals surface area contributed by atoms with Crippen molar-refractivity contribution in [3.63, 3.8) is 0 Å². The lowest BCUT2D eigenvalue weighted by molar-refractivity contribution is -0.150. The van der Waals surface area contributed by atoms with Crippen molar-refractivity contribution in [1.29, 1.82) is 0 Å². The molecule has 0 aliphatic carbocycles. The maximum atomic E-state index is 11.4. The molecule has 19 heavy (non-hydrogen) atoms. The molecule has 0 aliphatic heterocycles. The van der Waals surface area contributed by atoms with Gasteiger partial charge in [0.15, 0.2) is 0 Å². The van der Waals surface area contributed by atoms with Crippen LogP contribution >= 0.6 is 0 Å². The Morgan fingerprint density at radius 2 is 1.47 bits per heavy atom. The highest BCUT2D eigenvalue weighted by Gasteiger charge is 2.34. The monoisotopic (exact) mass is 272 g/mol. The molecular weight excluding hydrogens is 244 g/mol. The number of rotatable bonds is 12. The first-order valence-electron chi connectivity index (χ1n) is 7.43. The fourth-order valence-electron chi connectivity index (χ4n) is 2.59. The van der Waals surface area contributed by atoms with Crippen molar-refractivity contribution >= 4 is 11.9 Å². The number of hydrogen-bond acceptors (Lipinski definition) is 2. The molecule has 0 aliphatic rings. The highest BCUT2D eigenvalue weighted by molar-refractivity contribution is 5.74. The minimum Gasteiger partial charge on any atom is -0.481 e. The van der Waals surface area contributed by atoms with E-state index in [1.165, 1.54) is 0 Å². The van der Waals surface area contributed by atoms with Crippen LogP contribution in [0.25, 0.3) is 0 Å². The van der Waals surface area contributed by atoms with E-state index in [9.17, 15) is 14.7 Å². The van der Waals surface area contributed by atoms with E-state index < -0.39 is 17.4 Å². The minimum absolute atomic E-state index is 0.240. The molecule has 0 bridgehead atoms. The second-order valence-corrected chi connectivity index (χ2v) is 5.35. The van der Waals surface area contributed by atoms with Crippen LogP contribution < -0.4 is 0 Å². The zero-order valence-electron chi connectivity index (χ0n) is 12.3. The topological polar surface area (TPSA) is 74.6 Å². The lowest BCUT2D eigenvalue weighted by Gasteiger charge is -2.27. The predicted octanol–water partition coefficient (Wildman–Crippen LogP) is 4.08. The van der Waals surface area contributed by atoms with Gasteiger partial charge < -0.3 is 10.2 Å². The Hall–Kier alpha value is -1.06. The lowest BCUT2D eigenvalue weighted by Crippen LogP contribution is -2.30. The molecule has 4 heteroatoms. The Morgan fingerprint density at radius 3 is 1.95 bits per heavy atom. The summed E-state index contributed by atoms with van der Waals surface area (Å²) < 4.78 is 0. The van der Waals surface area contributed by atoms with Gasteiger partial charge in [0.05, 0.1) is 5.41 Å². The first-order chi connectivity index (χ1) is 8.98. The minimum atomic E-state index is -0.737. The standard InChI is InChI=1S/C15H28O4/c1-3-11-15(4-2,14(18)19)12-9-7-5-6-8-10-13(16)17/h3-12H2,1-2H3,(H,16,17)(H,18,19). The first-order valence-corrected chi connectivity index (χ1v) is 7.43. The third kappa shape index (κ3) is 7.19. The summed E-state index contributed by atoms with van der Waals surface area (Å²) in [5.41, 5.74) is -0.546. The van der Waals surface area contributed by atoms with E-state index in [0.29, 0.717) is 6.42 Å². The van der Waals surface area contributed by atoms with Gasteiger partial charge in [-0.1, -0.05) is 46.0 Å². The molecule has 0 heterocycles. The lowest BCUT2D eigenvalue weighted by atomic mass is 9.76. The fraction of sp³-hybridized carbons (Fsp3) is 0.867. The van der Waals surface area contributed by atoms with Crippen molar-refractivity contribution in [2.24, 2.45) is 5.41 Å². The molecule has 0 aromatic heterocycles. The van der Waals surface area contributed by atoms with Crippen LogP contribution in [0, 0.1) is 5.41 Å². The van der Waals surface area contributed by atoms with E-state index in [1.54, 1.807) is 0 Å². The normalized spacial score (nSPS) is 14.0. The van der Waals surface area contributed by atoms with Crippen LogP contribution in [0.15, 0.2) is 0 Å². The molecule has 0 rings (SSSR count). The van der Waals surface area contributed by atoms with Crippen molar-refractivity contribution in [2.45, 2.75) is 78.1 Å². The Morgan fingerprint density at radius 1 is 0.895 bits per heavy atom. The zero-order chi connectivity index (χ0) is 14.7. The summed E-state index contributed by atoms with van der Waals surface area (Å²) in [7, 11) is 0. The maximum absolute atomic E-state index is 11.4. The Kier molecular flexibility index (Phi) is 9.27. The van der Waals surface area contributed by atoms with Gasteiger partial charge in [0, 0.05) is 6.42 Å². The van der Waals surface area contributed by atoms with Gasteiger partial charge in [0.2, 0.25) is 0 Å². The summed E-state index contributed by atoms with van der Waals surface area (Å²) in [6.45, 7) is 3.98. The van der Waals surface area contributed by atoms with Crippen molar-refractivity contribution in [2.75, 3.05) is 0 Å². The quantitative estimate of drug-likeness (QED) is 0.525. The van der Waals surface area contributed by atoms with Crippen LogP contribution in [0.3, 0.4) is 0 Å². The highest BCUT2D eigenvalue weighted by Crippen LogP contribution is 2.34. The van der Waals surface area contributed by atoms with E-state index in [1.807, 2.05) is 13.8 Å². The summed E-state index contributed by atoms with van der Waals surface area (Å²) in [5.74, 6) is -1.40. The smallest absolute Gasteiger partial charge is 0.309 e. The number of carboxylic acid groups (broad SMARTS) is 2. The van der Waals surface area contributed by atoms with Crippen molar-refractivity contribution in [3.05, 3.63) is 0 Å². The van der Waals surface area contributed by atoms with E-state index in [4.69, 9.17) is 5.11 Å². The number of carbonyl (C=O) groups is 2. The van der Waals surface area contributed by atoms with E-state index in [-0.39, 0.29) is 6.42 Å². The van der Waals surface area contributed by atoms with Crippen LogP contribution in [0.1, 0.15) is 78.1 Å². The summed E-state index contributed by atoms with van der Waals surface area (Å²) in [6.07, 6.45) is 7.89. The molecular formula is C15H28O4. The second kappa shape index (κ2) is 9.82. The molecule has 0 amide bonds. The average molecular weight is 272 g/mol. The van der Waals surface area contributed by atoms with Crippen LogP contribution in [0.2, 0.25) is 0 Å². The molecule has 0 saturated carbocycles. The van der Waals surface area contributed by atoms with Crippen LogP contribution in [-0.2, 0) is 9.59 Å². The molecule has 1 unspecified atom stereocenters. The summed E-state index contributed by atoms with van der Waals surface area (Å²) in [6, 6.07) is 0. The van der Waals surface area contributed by atoms with Gasteiger partial charge in [0.1, 0.15) is 0 Å². The van der Waals surface area contributed by atoms with Crippen LogP contribution in [0.4, 0.5) is 0 Å². The Bertz CT molecular complexity index is 275. The number of carboxylic acids is 2. The number of unbranched alkanes of at least 4 members (excludes halogenated alkanes) is 4. The maximum Gasteiger partial charge on any atom is 0.309 e. The third-order valence-electron chi connectivity index (χ3n) is 3.90. The van der Waals surface area contributed by atoms with Gasteiger partial charge in [-0.2, -0.15) is 0 Å². The first kappa shape index (κ1) is 17.9. The Balaban J connectivity index is 3.87. The average Bonchev–Trinajstić information content (AvgIpc) is 2.35.